The van der Waals surface area contributed by atoms with Gasteiger partial charge in [-0.1, -0.05) is 51.8 Å². The maximum absolute atomic E-state index is 6.14. The lowest BCUT2D eigenvalue weighted by Gasteiger charge is -2.16. The van der Waals surface area contributed by atoms with Crippen molar-refractivity contribution in [2.45, 2.75) is 27.0 Å². The van der Waals surface area contributed by atoms with Crippen LogP contribution in [0.1, 0.15) is 22.3 Å². The minimum Gasteiger partial charge on any atom is -0.487 e. The van der Waals surface area contributed by atoms with Crippen LogP contribution >= 0.6 is 43.5 Å². The summed E-state index contributed by atoms with van der Waals surface area (Å²) in [6.07, 6.45) is 0. The van der Waals surface area contributed by atoms with Gasteiger partial charge in [0.15, 0.2) is 0 Å². The van der Waals surface area contributed by atoms with Crippen molar-refractivity contribution in [2.75, 3.05) is 5.32 Å². The van der Waals surface area contributed by atoms with Gasteiger partial charge in [0, 0.05) is 27.3 Å². The Hall–Kier alpha value is -1.49. The molecule has 0 saturated heterocycles. The van der Waals surface area contributed by atoms with Gasteiger partial charge in [-0.2, -0.15) is 0 Å². The molecule has 3 aromatic carbocycles. The fraction of sp³-hybridized carbons (Fsp3) is 0.182. The molecule has 0 amide bonds. The Morgan fingerprint density at radius 2 is 1.81 bits per heavy atom. The van der Waals surface area contributed by atoms with E-state index in [0.29, 0.717) is 18.2 Å². The summed E-state index contributed by atoms with van der Waals surface area (Å²) in [6.45, 7) is 5.32. The summed E-state index contributed by atoms with van der Waals surface area (Å²) in [6, 6.07) is 18.2. The Morgan fingerprint density at radius 1 is 1.00 bits per heavy atom. The van der Waals surface area contributed by atoms with E-state index in [1.165, 1.54) is 11.1 Å². The van der Waals surface area contributed by atoms with Crippen molar-refractivity contribution in [3.05, 3.63) is 90.8 Å². The number of aryl methyl sites for hydroxylation is 2. The van der Waals surface area contributed by atoms with Crippen LogP contribution in [0.15, 0.2) is 63.5 Å². The monoisotopic (exact) mass is 507 g/mol. The summed E-state index contributed by atoms with van der Waals surface area (Å²) in [4.78, 5) is 0. The zero-order valence-electron chi connectivity index (χ0n) is 15.2. The van der Waals surface area contributed by atoms with Crippen LogP contribution < -0.4 is 10.1 Å². The molecule has 27 heavy (non-hydrogen) atoms. The maximum atomic E-state index is 6.14. The molecule has 0 saturated carbocycles. The molecule has 0 unspecified atom stereocenters. The van der Waals surface area contributed by atoms with E-state index in [-0.39, 0.29) is 0 Å². The van der Waals surface area contributed by atoms with Gasteiger partial charge in [-0.3, -0.25) is 0 Å². The number of nitrogens with one attached hydrogen (secondary N) is 1. The Bertz CT molecular complexity index is 959. The van der Waals surface area contributed by atoms with E-state index >= 15 is 0 Å². The first-order valence-corrected chi connectivity index (χ1v) is 10.5. The van der Waals surface area contributed by atoms with Crippen molar-refractivity contribution in [3.8, 4) is 5.75 Å². The van der Waals surface area contributed by atoms with E-state index in [4.69, 9.17) is 16.3 Å². The summed E-state index contributed by atoms with van der Waals surface area (Å²) in [5.41, 5.74) is 5.68. The predicted octanol–water partition coefficient (Wildman–Crippen LogP) is 7.67. The molecule has 0 fully saturated rings. The highest BCUT2D eigenvalue weighted by molar-refractivity contribution is 9.11. The summed E-state index contributed by atoms with van der Waals surface area (Å²) >= 11 is 13.3. The number of benzene rings is 3. The van der Waals surface area contributed by atoms with Crippen LogP contribution in [0.2, 0.25) is 5.02 Å². The van der Waals surface area contributed by atoms with Crippen molar-refractivity contribution in [2.24, 2.45) is 0 Å². The average Bonchev–Trinajstić information content (AvgIpc) is 2.61. The first-order valence-electron chi connectivity index (χ1n) is 8.58. The van der Waals surface area contributed by atoms with Crippen molar-refractivity contribution < 1.29 is 4.74 Å². The molecule has 0 aliphatic carbocycles. The van der Waals surface area contributed by atoms with Crippen LogP contribution in [0.4, 0.5) is 5.69 Å². The highest BCUT2D eigenvalue weighted by Gasteiger charge is 2.12. The van der Waals surface area contributed by atoms with E-state index in [9.17, 15) is 0 Å². The molecule has 0 aliphatic rings. The third kappa shape index (κ3) is 5.50. The Kier molecular flexibility index (Phi) is 6.85. The molecule has 3 rings (SSSR count). The van der Waals surface area contributed by atoms with Crippen LogP contribution in [0.25, 0.3) is 0 Å². The van der Waals surface area contributed by atoms with Gasteiger partial charge >= 0.3 is 0 Å². The van der Waals surface area contributed by atoms with Crippen LogP contribution in [0.5, 0.6) is 5.75 Å². The zero-order chi connectivity index (χ0) is 19.4. The van der Waals surface area contributed by atoms with Gasteiger partial charge in [-0.05, 0) is 76.8 Å². The third-order valence-electron chi connectivity index (χ3n) is 4.22. The lowest BCUT2D eigenvalue weighted by molar-refractivity contribution is 0.301. The largest absolute Gasteiger partial charge is 0.487 e. The molecule has 1 N–H and O–H groups in total. The van der Waals surface area contributed by atoms with Gasteiger partial charge < -0.3 is 10.1 Å². The quantitative estimate of drug-likeness (QED) is 0.368. The molecule has 2 nitrogen and oxygen atoms in total. The number of ether oxygens (including phenoxy) is 1. The molecule has 0 aliphatic heterocycles. The molecule has 0 heterocycles. The lowest BCUT2D eigenvalue weighted by atomic mass is 10.1. The Labute approximate surface area is 182 Å². The molecule has 0 spiro atoms. The van der Waals surface area contributed by atoms with Gasteiger partial charge in [0.05, 0.1) is 4.47 Å². The standard InChI is InChI=1S/C22H20Br2ClNO/c1-14-6-7-15(2)21(8-14)26-12-17-10-18(23)11-20(24)22(17)27-13-16-4-3-5-19(25)9-16/h3-11,26H,12-13H2,1-2H3. The minimum absolute atomic E-state index is 0.456. The second-order valence-corrected chi connectivity index (χ2v) is 8.67. The summed E-state index contributed by atoms with van der Waals surface area (Å²) < 4.78 is 8.06. The Balaban J connectivity index is 1.80. The molecule has 0 atom stereocenters. The minimum atomic E-state index is 0.456. The maximum Gasteiger partial charge on any atom is 0.139 e. The molecule has 140 valence electrons. The number of hydrogen-bond donors (Lipinski definition) is 1. The van der Waals surface area contributed by atoms with Crippen molar-refractivity contribution >= 4 is 49.1 Å². The van der Waals surface area contributed by atoms with Gasteiger partial charge in [0.2, 0.25) is 0 Å². The van der Waals surface area contributed by atoms with Crippen LogP contribution in [0, 0.1) is 13.8 Å². The molecular weight excluding hydrogens is 490 g/mol. The second-order valence-electron chi connectivity index (χ2n) is 6.47. The molecule has 5 heteroatoms. The van der Waals surface area contributed by atoms with E-state index in [1.54, 1.807) is 0 Å². The number of anilines is 1. The molecular formula is C22H20Br2ClNO. The average molecular weight is 510 g/mol. The molecule has 0 aromatic heterocycles. The third-order valence-corrected chi connectivity index (χ3v) is 5.50. The first kappa shape index (κ1) is 20.2. The van der Waals surface area contributed by atoms with Crippen LogP contribution in [-0.4, -0.2) is 0 Å². The van der Waals surface area contributed by atoms with Crippen molar-refractivity contribution in [1.82, 2.24) is 0 Å². The first-order chi connectivity index (χ1) is 12.9. The van der Waals surface area contributed by atoms with Crippen LogP contribution in [-0.2, 0) is 13.2 Å². The number of halogens is 3. The highest BCUT2D eigenvalue weighted by atomic mass is 79.9. The number of hydrogen-bond acceptors (Lipinski definition) is 2. The van der Waals surface area contributed by atoms with Crippen molar-refractivity contribution in [3.63, 3.8) is 0 Å². The van der Waals surface area contributed by atoms with E-state index in [0.717, 1.165) is 31.5 Å². The van der Waals surface area contributed by atoms with Crippen molar-refractivity contribution in [1.29, 1.82) is 0 Å². The van der Waals surface area contributed by atoms with Gasteiger partial charge in [-0.25, -0.2) is 0 Å². The van der Waals surface area contributed by atoms with E-state index < -0.39 is 0 Å². The van der Waals surface area contributed by atoms with E-state index in [2.05, 4.69) is 75.3 Å². The summed E-state index contributed by atoms with van der Waals surface area (Å²) in [5.74, 6) is 0.830. The summed E-state index contributed by atoms with van der Waals surface area (Å²) in [5, 5.41) is 4.24. The SMILES string of the molecule is Cc1ccc(C)c(NCc2cc(Br)cc(Br)c2OCc2cccc(Cl)c2)c1. The smallest absolute Gasteiger partial charge is 0.139 e. The normalized spacial score (nSPS) is 10.7. The lowest BCUT2D eigenvalue weighted by Crippen LogP contribution is -2.05. The highest BCUT2D eigenvalue weighted by Crippen LogP contribution is 2.34. The van der Waals surface area contributed by atoms with Crippen LogP contribution in [0.3, 0.4) is 0 Å². The van der Waals surface area contributed by atoms with Gasteiger partial charge in [0.1, 0.15) is 12.4 Å². The molecule has 0 bridgehead atoms. The van der Waals surface area contributed by atoms with Gasteiger partial charge in [-0.15, -0.1) is 0 Å². The molecule has 0 radical (unpaired) electrons. The fourth-order valence-electron chi connectivity index (χ4n) is 2.81. The topological polar surface area (TPSA) is 21.3 Å². The second kappa shape index (κ2) is 9.13. The van der Waals surface area contributed by atoms with Gasteiger partial charge in [0.25, 0.3) is 0 Å². The Morgan fingerprint density at radius 3 is 2.59 bits per heavy atom. The number of rotatable bonds is 6. The summed E-state index contributed by atoms with van der Waals surface area (Å²) in [7, 11) is 0. The predicted molar refractivity (Wildman–Crippen MR) is 121 cm³/mol. The van der Waals surface area contributed by atoms with E-state index in [1.807, 2.05) is 30.3 Å². The zero-order valence-corrected chi connectivity index (χ0v) is 19.1. The molecule has 3 aromatic rings. The fourth-order valence-corrected chi connectivity index (χ4v) is 4.45.